The molecule has 0 unspecified atom stereocenters. The van der Waals surface area contributed by atoms with Crippen LogP contribution in [-0.2, 0) is 33.0 Å². The standard InChI is InChI=1S/C18H35O8P/c19-5-6-21-7-8-22-9-10-23-11-12-24-13-14-25-15-16-26-17-1-3-18(27-20)4-2-17/h17-19H,1-16H2. The van der Waals surface area contributed by atoms with Crippen LogP contribution in [-0.4, -0.2) is 96.2 Å². The fourth-order valence-corrected chi connectivity index (χ4v) is 3.15. The van der Waals surface area contributed by atoms with Gasteiger partial charge in [0.15, 0.2) is 8.46 Å². The third-order valence-electron chi connectivity index (χ3n) is 4.10. The van der Waals surface area contributed by atoms with Crippen molar-refractivity contribution in [3.8, 4) is 0 Å². The highest BCUT2D eigenvalue weighted by Gasteiger charge is 2.21. The van der Waals surface area contributed by atoms with Crippen molar-refractivity contribution < 1.29 is 38.1 Å². The SMILES string of the molecule is O=PC1CCC(OCCOCCOCCOCCOCCOCCO)CC1. The summed E-state index contributed by atoms with van der Waals surface area (Å²) in [6.07, 6.45) is 4.24. The predicted octanol–water partition coefficient (Wildman–Crippen LogP) is 1.68. The highest BCUT2D eigenvalue weighted by atomic mass is 31.1. The highest BCUT2D eigenvalue weighted by Crippen LogP contribution is 2.28. The molecule has 0 saturated heterocycles. The molecule has 1 saturated carbocycles. The molecular formula is C18H35O8P. The second-order valence-corrected chi connectivity index (χ2v) is 7.13. The minimum absolute atomic E-state index is 0.0346. The van der Waals surface area contributed by atoms with E-state index in [1.165, 1.54) is 0 Å². The molecule has 0 aliphatic heterocycles. The van der Waals surface area contributed by atoms with E-state index in [-0.39, 0.29) is 21.2 Å². The first-order valence-corrected chi connectivity index (χ1v) is 10.7. The lowest BCUT2D eigenvalue weighted by Gasteiger charge is -2.24. The molecular weight excluding hydrogens is 375 g/mol. The average molecular weight is 410 g/mol. The maximum absolute atomic E-state index is 10.8. The van der Waals surface area contributed by atoms with Gasteiger partial charge in [0.2, 0.25) is 0 Å². The molecule has 0 aromatic heterocycles. The second kappa shape index (κ2) is 19.2. The lowest BCUT2D eigenvalue weighted by atomic mass is 9.97. The number of ether oxygens (including phenoxy) is 6. The maximum atomic E-state index is 10.8. The maximum Gasteiger partial charge on any atom is 0.158 e. The summed E-state index contributed by atoms with van der Waals surface area (Å²) >= 11 is 0. The van der Waals surface area contributed by atoms with E-state index in [0.717, 1.165) is 25.7 Å². The Labute approximate surface area is 164 Å². The van der Waals surface area contributed by atoms with Crippen molar-refractivity contribution in [3.63, 3.8) is 0 Å². The van der Waals surface area contributed by atoms with Gasteiger partial charge in [0.05, 0.1) is 85.4 Å². The van der Waals surface area contributed by atoms with Crippen molar-refractivity contribution in [1.82, 2.24) is 0 Å². The molecule has 160 valence electrons. The van der Waals surface area contributed by atoms with Crippen LogP contribution in [0.25, 0.3) is 0 Å². The Morgan fingerprint density at radius 2 is 1.04 bits per heavy atom. The van der Waals surface area contributed by atoms with Gasteiger partial charge in [-0.1, -0.05) is 0 Å². The summed E-state index contributed by atoms with van der Waals surface area (Å²) in [4.78, 5) is 0. The first-order valence-electron chi connectivity index (χ1n) is 9.80. The smallest absolute Gasteiger partial charge is 0.158 e. The molecule has 8 nitrogen and oxygen atoms in total. The Kier molecular flexibility index (Phi) is 17.6. The first-order chi connectivity index (χ1) is 13.4. The van der Waals surface area contributed by atoms with Gasteiger partial charge in [-0.2, -0.15) is 0 Å². The molecule has 1 aliphatic carbocycles. The molecule has 0 heterocycles. The van der Waals surface area contributed by atoms with Gasteiger partial charge in [-0.15, -0.1) is 0 Å². The van der Waals surface area contributed by atoms with E-state index in [1.54, 1.807) is 0 Å². The molecule has 0 aromatic rings. The van der Waals surface area contributed by atoms with Gasteiger partial charge in [0.25, 0.3) is 0 Å². The number of hydrogen-bond donors (Lipinski definition) is 1. The van der Waals surface area contributed by atoms with Gasteiger partial charge >= 0.3 is 0 Å². The zero-order chi connectivity index (χ0) is 19.4. The van der Waals surface area contributed by atoms with Crippen molar-refractivity contribution in [2.75, 3.05) is 79.3 Å². The van der Waals surface area contributed by atoms with Crippen molar-refractivity contribution in [1.29, 1.82) is 0 Å². The summed E-state index contributed by atoms with van der Waals surface area (Å²) in [5, 5.41) is 8.53. The average Bonchev–Trinajstić information content (AvgIpc) is 2.70. The monoisotopic (exact) mass is 410 g/mol. The summed E-state index contributed by atoms with van der Waals surface area (Å²) in [5.41, 5.74) is 0.326. The van der Waals surface area contributed by atoms with Crippen LogP contribution in [0.5, 0.6) is 0 Å². The van der Waals surface area contributed by atoms with E-state index in [2.05, 4.69) is 0 Å². The van der Waals surface area contributed by atoms with Crippen molar-refractivity contribution in [2.45, 2.75) is 37.4 Å². The second-order valence-electron chi connectivity index (χ2n) is 6.19. The summed E-state index contributed by atoms with van der Waals surface area (Å²) in [6.45, 7) is 5.71. The fraction of sp³-hybridized carbons (Fsp3) is 1.00. The van der Waals surface area contributed by atoms with Crippen LogP contribution >= 0.6 is 8.46 Å². The lowest BCUT2D eigenvalue weighted by Crippen LogP contribution is -2.23. The van der Waals surface area contributed by atoms with Gasteiger partial charge in [0, 0.05) is 5.66 Å². The normalized spacial score (nSPS) is 20.3. The number of hydrogen-bond acceptors (Lipinski definition) is 8. The largest absolute Gasteiger partial charge is 0.394 e. The summed E-state index contributed by atoms with van der Waals surface area (Å²) in [6, 6.07) is 0. The molecule has 0 radical (unpaired) electrons. The lowest BCUT2D eigenvalue weighted by molar-refractivity contribution is -0.0310. The minimum Gasteiger partial charge on any atom is -0.394 e. The summed E-state index contributed by atoms with van der Waals surface area (Å²) < 4.78 is 43.2. The van der Waals surface area contributed by atoms with Gasteiger partial charge in [-0.3, -0.25) is 4.57 Å². The molecule has 1 fully saturated rings. The number of rotatable bonds is 19. The molecule has 27 heavy (non-hydrogen) atoms. The van der Waals surface area contributed by atoms with Crippen LogP contribution < -0.4 is 0 Å². The predicted molar refractivity (Wildman–Crippen MR) is 101 cm³/mol. The fourth-order valence-electron chi connectivity index (χ4n) is 2.64. The van der Waals surface area contributed by atoms with Crippen LogP contribution in [0, 0.1) is 0 Å². The van der Waals surface area contributed by atoms with Crippen molar-refractivity contribution >= 4 is 8.46 Å². The van der Waals surface area contributed by atoms with Gasteiger partial charge in [-0.25, -0.2) is 0 Å². The zero-order valence-corrected chi connectivity index (χ0v) is 17.1. The van der Waals surface area contributed by atoms with Crippen LogP contribution in [0.4, 0.5) is 0 Å². The van der Waals surface area contributed by atoms with E-state index < -0.39 is 0 Å². The molecule has 9 heteroatoms. The topological polar surface area (TPSA) is 92.7 Å². The van der Waals surface area contributed by atoms with Crippen LogP contribution in [0.1, 0.15) is 25.7 Å². The van der Waals surface area contributed by atoms with E-state index in [9.17, 15) is 4.57 Å². The number of aliphatic hydroxyl groups is 1. The van der Waals surface area contributed by atoms with E-state index >= 15 is 0 Å². The molecule has 1 rings (SSSR count). The Morgan fingerprint density at radius 1 is 0.630 bits per heavy atom. The summed E-state index contributed by atoms with van der Waals surface area (Å²) in [5.74, 6) is 0. The third kappa shape index (κ3) is 15.4. The third-order valence-corrected chi connectivity index (χ3v) is 4.91. The van der Waals surface area contributed by atoms with Crippen LogP contribution in [0.3, 0.4) is 0 Å². The molecule has 0 bridgehead atoms. The molecule has 0 spiro atoms. The van der Waals surface area contributed by atoms with E-state index in [1.807, 2.05) is 0 Å². The van der Waals surface area contributed by atoms with Crippen molar-refractivity contribution in [2.24, 2.45) is 0 Å². The molecule has 1 N–H and O–H groups in total. The first kappa shape index (κ1) is 24.9. The zero-order valence-electron chi connectivity index (χ0n) is 16.2. The summed E-state index contributed by atoms with van der Waals surface area (Å²) in [7, 11) is 0.277. The highest BCUT2D eigenvalue weighted by molar-refractivity contribution is 7.24. The molecule has 0 amide bonds. The Balaban J connectivity index is 1.69. The molecule has 0 aromatic carbocycles. The van der Waals surface area contributed by atoms with Gasteiger partial charge in [-0.05, 0) is 25.7 Å². The van der Waals surface area contributed by atoms with Crippen LogP contribution in [0.2, 0.25) is 0 Å². The molecule has 1 aliphatic rings. The van der Waals surface area contributed by atoms with Crippen molar-refractivity contribution in [3.05, 3.63) is 0 Å². The molecule has 0 atom stereocenters. The number of aliphatic hydroxyl groups excluding tert-OH is 1. The van der Waals surface area contributed by atoms with Crippen LogP contribution in [0.15, 0.2) is 0 Å². The van der Waals surface area contributed by atoms with E-state index in [0.29, 0.717) is 78.3 Å². The minimum atomic E-state index is 0.0346. The Morgan fingerprint density at radius 3 is 1.44 bits per heavy atom. The van der Waals surface area contributed by atoms with Gasteiger partial charge < -0.3 is 33.5 Å². The van der Waals surface area contributed by atoms with E-state index in [4.69, 9.17) is 33.5 Å². The quantitative estimate of drug-likeness (QED) is 0.254. The Hall–Kier alpha value is -0.180. The van der Waals surface area contributed by atoms with Gasteiger partial charge in [0.1, 0.15) is 0 Å². The Bertz CT molecular complexity index is 326.